The summed E-state index contributed by atoms with van der Waals surface area (Å²) in [4.78, 5) is 0. The average molecular weight is 264 g/mol. The second-order valence-corrected chi connectivity index (χ2v) is 7.13. The van der Waals surface area contributed by atoms with Crippen LogP contribution in [0.4, 0.5) is 0 Å². The number of rotatable bonds is 4. The van der Waals surface area contributed by atoms with Gasteiger partial charge in [-0.3, -0.25) is 0 Å². The zero-order valence-corrected chi connectivity index (χ0v) is 13.1. The molecule has 0 heterocycles. The van der Waals surface area contributed by atoms with Crippen LogP contribution in [-0.4, -0.2) is 16.2 Å². The molecule has 108 valence electrons. The van der Waals surface area contributed by atoms with E-state index in [0.29, 0.717) is 18.8 Å². The molecule has 0 amide bonds. The van der Waals surface area contributed by atoms with Gasteiger partial charge in [0.15, 0.2) is 0 Å². The number of nitrogens with one attached hydrogen (secondary N) is 2. The predicted octanol–water partition coefficient (Wildman–Crippen LogP) is 3.17. The lowest BCUT2D eigenvalue weighted by Crippen LogP contribution is -2.35. The third-order valence-electron chi connectivity index (χ3n) is 2.82. The summed E-state index contributed by atoms with van der Waals surface area (Å²) in [5, 5.41) is 17.1. The SMILES string of the molecule is CC(C)(C)NCc1cccc(CNC(C)(C)C)c1O. The highest BCUT2D eigenvalue weighted by molar-refractivity contribution is 5.40. The normalized spacial score (nSPS) is 12.7. The lowest BCUT2D eigenvalue weighted by atomic mass is 10.0. The Labute approximate surface area is 117 Å². The number of phenols is 1. The Morgan fingerprint density at radius 2 is 1.21 bits per heavy atom. The van der Waals surface area contributed by atoms with Crippen molar-refractivity contribution in [2.24, 2.45) is 0 Å². The molecule has 1 aromatic rings. The Hall–Kier alpha value is -1.06. The maximum Gasteiger partial charge on any atom is 0.124 e. The largest absolute Gasteiger partial charge is 0.507 e. The molecule has 3 nitrogen and oxygen atoms in total. The second-order valence-electron chi connectivity index (χ2n) is 7.13. The number of benzene rings is 1. The number of para-hydroxylation sites is 1. The topological polar surface area (TPSA) is 44.3 Å². The Balaban J connectivity index is 2.75. The number of hydrogen-bond donors (Lipinski definition) is 3. The van der Waals surface area contributed by atoms with Crippen molar-refractivity contribution in [2.45, 2.75) is 65.7 Å². The molecule has 0 spiro atoms. The first-order chi connectivity index (χ1) is 8.58. The quantitative estimate of drug-likeness (QED) is 0.782. The summed E-state index contributed by atoms with van der Waals surface area (Å²) < 4.78 is 0. The summed E-state index contributed by atoms with van der Waals surface area (Å²) in [5.41, 5.74) is 1.99. The highest BCUT2D eigenvalue weighted by Crippen LogP contribution is 2.23. The predicted molar refractivity (Wildman–Crippen MR) is 81.3 cm³/mol. The smallest absolute Gasteiger partial charge is 0.124 e. The van der Waals surface area contributed by atoms with E-state index >= 15 is 0 Å². The van der Waals surface area contributed by atoms with Crippen LogP contribution in [0.2, 0.25) is 0 Å². The lowest BCUT2D eigenvalue weighted by Gasteiger charge is -2.23. The Morgan fingerprint density at radius 3 is 1.53 bits per heavy atom. The molecule has 0 aliphatic heterocycles. The minimum atomic E-state index is 0.0477. The molecule has 1 rings (SSSR count). The van der Waals surface area contributed by atoms with Crippen LogP contribution in [0.3, 0.4) is 0 Å². The zero-order chi connectivity index (χ0) is 14.7. The van der Waals surface area contributed by atoms with E-state index in [1.165, 1.54) is 0 Å². The highest BCUT2D eigenvalue weighted by atomic mass is 16.3. The van der Waals surface area contributed by atoms with E-state index in [2.05, 4.69) is 52.2 Å². The molecule has 0 fully saturated rings. The van der Waals surface area contributed by atoms with Gasteiger partial charge in [0.25, 0.3) is 0 Å². The summed E-state index contributed by atoms with van der Waals surface area (Å²) in [7, 11) is 0. The van der Waals surface area contributed by atoms with Gasteiger partial charge in [-0.15, -0.1) is 0 Å². The van der Waals surface area contributed by atoms with E-state index in [1.54, 1.807) is 0 Å². The van der Waals surface area contributed by atoms with Gasteiger partial charge < -0.3 is 15.7 Å². The van der Waals surface area contributed by atoms with Gasteiger partial charge in [0.05, 0.1) is 0 Å². The van der Waals surface area contributed by atoms with E-state index in [4.69, 9.17) is 0 Å². The first kappa shape index (κ1) is 16.0. The Kier molecular flexibility index (Phi) is 4.99. The number of phenolic OH excluding ortho intramolecular Hbond substituents is 1. The van der Waals surface area contributed by atoms with Crippen molar-refractivity contribution in [3.05, 3.63) is 29.3 Å². The molecule has 0 saturated carbocycles. The van der Waals surface area contributed by atoms with Crippen LogP contribution < -0.4 is 10.6 Å². The standard InChI is InChI=1S/C16H28N2O/c1-15(2,3)17-10-12-8-7-9-13(14(12)19)11-18-16(4,5)6/h7-9,17-19H,10-11H2,1-6H3. The first-order valence-corrected chi connectivity index (χ1v) is 6.88. The van der Waals surface area contributed by atoms with E-state index in [0.717, 1.165) is 11.1 Å². The molecule has 3 heteroatoms. The molecule has 0 aliphatic rings. The molecule has 19 heavy (non-hydrogen) atoms. The van der Waals surface area contributed by atoms with Gasteiger partial charge in [0, 0.05) is 35.3 Å². The fourth-order valence-corrected chi connectivity index (χ4v) is 1.65. The molecular formula is C16H28N2O. The first-order valence-electron chi connectivity index (χ1n) is 6.88. The van der Waals surface area contributed by atoms with Crippen molar-refractivity contribution in [3.8, 4) is 5.75 Å². The molecule has 0 bridgehead atoms. The molecule has 0 atom stereocenters. The van der Waals surface area contributed by atoms with Crippen molar-refractivity contribution in [1.82, 2.24) is 10.6 Å². The third-order valence-corrected chi connectivity index (χ3v) is 2.82. The van der Waals surface area contributed by atoms with Gasteiger partial charge in [-0.25, -0.2) is 0 Å². The maximum atomic E-state index is 10.3. The second kappa shape index (κ2) is 5.93. The fourth-order valence-electron chi connectivity index (χ4n) is 1.65. The van der Waals surface area contributed by atoms with Crippen LogP contribution >= 0.6 is 0 Å². The van der Waals surface area contributed by atoms with E-state index in [-0.39, 0.29) is 11.1 Å². The highest BCUT2D eigenvalue weighted by Gasteiger charge is 2.14. The molecule has 0 aliphatic carbocycles. The van der Waals surface area contributed by atoms with Crippen LogP contribution in [0.25, 0.3) is 0 Å². The Bertz CT molecular complexity index is 377. The molecular weight excluding hydrogens is 236 g/mol. The maximum absolute atomic E-state index is 10.3. The van der Waals surface area contributed by atoms with Crippen LogP contribution in [0, 0.1) is 0 Å². The van der Waals surface area contributed by atoms with E-state index in [1.807, 2.05) is 18.2 Å². The van der Waals surface area contributed by atoms with Gasteiger partial charge in [0.2, 0.25) is 0 Å². The molecule has 1 aromatic carbocycles. The van der Waals surface area contributed by atoms with Crippen molar-refractivity contribution in [3.63, 3.8) is 0 Å². The average Bonchev–Trinajstić information content (AvgIpc) is 2.23. The van der Waals surface area contributed by atoms with E-state index < -0.39 is 0 Å². The summed E-state index contributed by atoms with van der Waals surface area (Å²) in [5.74, 6) is 0.399. The van der Waals surface area contributed by atoms with Gasteiger partial charge >= 0.3 is 0 Å². The van der Waals surface area contributed by atoms with Crippen LogP contribution in [0.1, 0.15) is 52.7 Å². The van der Waals surface area contributed by atoms with Crippen molar-refractivity contribution >= 4 is 0 Å². The fraction of sp³-hybridized carbons (Fsp3) is 0.625. The van der Waals surface area contributed by atoms with Crippen molar-refractivity contribution < 1.29 is 5.11 Å². The minimum Gasteiger partial charge on any atom is -0.507 e. The summed E-state index contributed by atoms with van der Waals surface area (Å²) >= 11 is 0. The van der Waals surface area contributed by atoms with Crippen LogP contribution in [-0.2, 0) is 13.1 Å². The summed E-state index contributed by atoms with van der Waals surface area (Å²) in [6.45, 7) is 14.1. The van der Waals surface area contributed by atoms with Crippen LogP contribution in [0.5, 0.6) is 5.75 Å². The molecule has 0 saturated heterocycles. The van der Waals surface area contributed by atoms with Crippen molar-refractivity contribution in [2.75, 3.05) is 0 Å². The van der Waals surface area contributed by atoms with E-state index in [9.17, 15) is 5.11 Å². The zero-order valence-electron chi connectivity index (χ0n) is 13.1. The van der Waals surface area contributed by atoms with Gasteiger partial charge in [0.1, 0.15) is 5.75 Å². The monoisotopic (exact) mass is 264 g/mol. The number of hydrogen-bond acceptors (Lipinski definition) is 3. The van der Waals surface area contributed by atoms with Gasteiger partial charge in [-0.1, -0.05) is 18.2 Å². The van der Waals surface area contributed by atoms with Gasteiger partial charge in [-0.2, -0.15) is 0 Å². The minimum absolute atomic E-state index is 0.0477. The van der Waals surface area contributed by atoms with Gasteiger partial charge in [-0.05, 0) is 41.5 Å². The van der Waals surface area contributed by atoms with Crippen molar-refractivity contribution in [1.29, 1.82) is 0 Å². The number of aromatic hydroxyl groups is 1. The van der Waals surface area contributed by atoms with Crippen LogP contribution in [0.15, 0.2) is 18.2 Å². The third kappa shape index (κ3) is 6.08. The molecule has 3 N–H and O–H groups in total. The molecule has 0 aromatic heterocycles. The molecule has 0 unspecified atom stereocenters. The lowest BCUT2D eigenvalue weighted by molar-refractivity contribution is 0.399. The Morgan fingerprint density at radius 1 is 0.842 bits per heavy atom. The summed E-state index contributed by atoms with van der Waals surface area (Å²) in [6, 6.07) is 5.93. The molecule has 0 radical (unpaired) electrons. The summed E-state index contributed by atoms with van der Waals surface area (Å²) in [6.07, 6.45) is 0.